The van der Waals surface area contributed by atoms with Gasteiger partial charge < -0.3 is 9.47 Å². The summed E-state index contributed by atoms with van der Waals surface area (Å²) in [5.41, 5.74) is 23.5. The van der Waals surface area contributed by atoms with Crippen molar-refractivity contribution in [1.29, 1.82) is 0 Å². The van der Waals surface area contributed by atoms with Crippen LogP contribution >= 0.6 is 11.8 Å². The van der Waals surface area contributed by atoms with Crippen molar-refractivity contribution in [3.63, 3.8) is 0 Å². The Hall–Kier alpha value is -4.73. The van der Waals surface area contributed by atoms with Gasteiger partial charge in [0.15, 0.2) is 0 Å². The number of allylic oxidation sites excluding steroid dienone is 19. The third-order valence-electron chi connectivity index (χ3n) is 17.1. The molecule has 3 heterocycles. The number of thioether (sulfide) groups is 1. The smallest absolute Gasteiger partial charge is 0.0585 e. The molecule has 7 unspecified atom stereocenters. The number of aromatic nitrogens is 1. The van der Waals surface area contributed by atoms with Crippen LogP contribution in [0, 0.1) is 23.7 Å². The average molecular weight is 843 g/mol. The molecule has 1 aromatic carbocycles. The van der Waals surface area contributed by atoms with E-state index in [1.807, 2.05) is 5.57 Å². The zero-order valence-electron chi connectivity index (χ0n) is 37.0. The van der Waals surface area contributed by atoms with E-state index in [0.717, 1.165) is 31.6 Å². The van der Waals surface area contributed by atoms with Gasteiger partial charge in [0.05, 0.1) is 6.04 Å². The highest BCUT2D eigenvalue weighted by Gasteiger charge is 2.44. The van der Waals surface area contributed by atoms with E-state index in [1.165, 1.54) is 134 Å². The quantitative estimate of drug-likeness (QED) is 0.268. The van der Waals surface area contributed by atoms with Crippen molar-refractivity contribution in [2.24, 2.45) is 23.7 Å². The lowest BCUT2D eigenvalue weighted by Gasteiger charge is -2.36. The maximum Gasteiger partial charge on any atom is 0.0585 e. The topological polar surface area (TPSA) is 8.17 Å². The highest BCUT2D eigenvalue weighted by atomic mass is 32.2. The van der Waals surface area contributed by atoms with Crippen LogP contribution in [-0.2, 0) is 12.8 Å². The maximum atomic E-state index is 2.74. The molecule has 3 heteroatoms. The lowest BCUT2D eigenvalue weighted by Crippen LogP contribution is -2.33. The zero-order valence-corrected chi connectivity index (χ0v) is 37.8. The Labute approximate surface area is 380 Å². The molecule has 1 saturated heterocycles. The summed E-state index contributed by atoms with van der Waals surface area (Å²) in [6.45, 7) is 0. The summed E-state index contributed by atoms with van der Waals surface area (Å²) in [5.74, 6) is 2.73. The Morgan fingerprint density at radius 3 is 2.49 bits per heavy atom. The second-order valence-corrected chi connectivity index (χ2v) is 21.9. The number of para-hydroxylation sites is 1. The van der Waals surface area contributed by atoms with Crippen molar-refractivity contribution < 1.29 is 0 Å². The monoisotopic (exact) mass is 842 g/mol. The van der Waals surface area contributed by atoms with Crippen LogP contribution in [0.5, 0.6) is 0 Å². The van der Waals surface area contributed by atoms with Gasteiger partial charge in [0.25, 0.3) is 0 Å². The van der Waals surface area contributed by atoms with E-state index in [4.69, 9.17) is 0 Å². The van der Waals surface area contributed by atoms with Crippen molar-refractivity contribution in [3.05, 3.63) is 194 Å². The number of hydrogen-bond acceptors (Lipinski definition) is 2. The minimum absolute atomic E-state index is 0.518. The number of nitrogens with zero attached hydrogens (tertiary/aromatic N) is 2. The largest absolute Gasteiger partial charge is 0.338 e. The third-order valence-corrected chi connectivity index (χ3v) is 18.8. The number of fused-ring (bicyclic) bond motifs is 6. The van der Waals surface area contributed by atoms with Gasteiger partial charge in [-0.05, 0) is 196 Å². The van der Waals surface area contributed by atoms with E-state index in [0.29, 0.717) is 34.3 Å². The first-order valence-corrected chi connectivity index (χ1v) is 25.9. The molecule has 9 aliphatic carbocycles. The first-order chi connectivity index (χ1) is 31.2. The van der Waals surface area contributed by atoms with Crippen molar-refractivity contribution in [3.8, 4) is 5.69 Å². The van der Waals surface area contributed by atoms with Crippen molar-refractivity contribution in [2.75, 3.05) is 0 Å². The van der Waals surface area contributed by atoms with Gasteiger partial charge in [-0.25, -0.2) is 0 Å². The minimum Gasteiger partial charge on any atom is -0.338 e. The van der Waals surface area contributed by atoms with Crippen molar-refractivity contribution in [1.82, 2.24) is 9.47 Å². The Morgan fingerprint density at radius 2 is 1.57 bits per heavy atom. The van der Waals surface area contributed by atoms with Crippen LogP contribution in [0.15, 0.2) is 171 Å². The normalized spacial score (nSPS) is 31.6. The predicted octanol–water partition coefficient (Wildman–Crippen LogP) is 14.9. The van der Waals surface area contributed by atoms with Crippen molar-refractivity contribution >= 4 is 23.9 Å². The van der Waals surface area contributed by atoms with Crippen LogP contribution in [0.25, 0.3) is 17.8 Å². The second kappa shape index (κ2) is 16.1. The van der Waals surface area contributed by atoms with Gasteiger partial charge in [-0.2, -0.15) is 0 Å². The Morgan fingerprint density at radius 1 is 0.651 bits per heavy atom. The van der Waals surface area contributed by atoms with Crippen LogP contribution in [0.4, 0.5) is 0 Å². The molecule has 0 amide bonds. The fourth-order valence-electron chi connectivity index (χ4n) is 13.9. The van der Waals surface area contributed by atoms with Gasteiger partial charge in [0.1, 0.15) is 0 Å². The molecule has 1 fully saturated rings. The standard InChI is InChI=1S/C60H62N2S/c1-3-11-49(12-4-1)61-55-17-9-7-15-51(55)53-37-45(27-29-57(53)61)41-19-21-43-35-47(25-23-39(43)33-41)59-31-32-60(63-59)48-26-24-40-34-42(20-22-44(40)36-48)46-28-30-58-54(38-46)52-16-8-10-18-56(52)62(58)50-13-5-2-6-14-50/h1-5,9-13,17-19,21,23,25,28,30,33,36-37,42-43,46,52,56,59-60H,6-8,14-16,20,22,24,26-27,29,31-32,34-35,38H2. The number of hydrogen-bond donors (Lipinski definition) is 0. The molecule has 0 bridgehead atoms. The minimum atomic E-state index is 0.518. The fraction of sp³-hybridized carbons (Fsp3) is 0.400. The lowest BCUT2D eigenvalue weighted by atomic mass is 9.69. The van der Waals surface area contributed by atoms with E-state index in [-0.39, 0.29) is 0 Å². The summed E-state index contributed by atoms with van der Waals surface area (Å²) in [6, 6.07) is 11.5. The molecule has 0 N–H and O–H groups in total. The third kappa shape index (κ3) is 6.81. The Bertz CT molecular complexity index is 2670. The maximum absolute atomic E-state index is 2.74. The highest BCUT2D eigenvalue weighted by molar-refractivity contribution is 8.01. The van der Waals surface area contributed by atoms with Gasteiger partial charge in [0.2, 0.25) is 0 Å². The summed E-state index contributed by atoms with van der Waals surface area (Å²) in [7, 11) is 0. The molecule has 0 saturated carbocycles. The number of rotatable bonds is 6. The predicted molar refractivity (Wildman–Crippen MR) is 265 cm³/mol. The molecule has 2 nitrogen and oxygen atoms in total. The van der Waals surface area contributed by atoms with Gasteiger partial charge in [-0.3, -0.25) is 0 Å². The van der Waals surface area contributed by atoms with E-state index in [2.05, 4.69) is 149 Å². The van der Waals surface area contributed by atoms with Gasteiger partial charge in [0, 0.05) is 50.8 Å². The Balaban J connectivity index is 0.670. The molecular weight excluding hydrogens is 781 g/mol. The molecule has 7 atom stereocenters. The molecule has 13 rings (SSSR count). The second-order valence-electron chi connectivity index (χ2n) is 20.5. The van der Waals surface area contributed by atoms with Crippen LogP contribution in [0.2, 0.25) is 0 Å². The van der Waals surface area contributed by atoms with E-state index >= 15 is 0 Å². The summed E-state index contributed by atoms with van der Waals surface area (Å²) in [6.07, 6.45) is 60.9. The van der Waals surface area contributed by atoms with Gasteiger partial charge in [-0.15, -0.1) is 11.8 Å². The average Bonchev–Trinajstić information content (AvgIpc) is 4.07. The molecular formula is C60H62N2S. The van der Waals surface area contributed by atoms with Crippen LogP contribution in [0.3, 0.4) is 0 Å². The van der Waals surface area contributed by atoms with E-state index in [1.54, 1.807) is 28.0 Å². The van der Waals surface area contributed by atoms with Crippen molar-refractivity contribution in [2.45, 2.75) is 126 Å². The first-order valence-electron chi connectivity index (χ1n) is 25.0. The molecule has 11 aliphatic rings. The van der Waals surface area contributed by atoms with Crippen LogP contribution in [0.1, 0.15) is 119 Å². The number of benzene rings is 1. The zero-order chi connectivity index (χ0) is 41.4. The molecule has 1 aromatic heterocycles. The molecule has 318 valence electrons. The highest BCUT2D eigenvalue weighted by Crippen LogP contribution is 2.53. The van der Waals surface area contributed by atoms with E-state index in [9.17, 15) is 0 Å². The summed E-state index contributed by atoms with van der Waals surface area (Å²) >= 11 is 2.31. The lowest BCUT2D eigenvalue weighted by molar-refractivity contribution is 0.310. The summed E-state index contributed by atoms with van der Waals surface area (Å²) < 4.78 is 2.54. The summed E-state index contributed by atoms with van der Waals surface area (Å²) in [5, 5.41) is 1.37. The van der Waals surface area contributed by atoms with Gasteiger partial charge >= 0.3 is 0 Å². The van der Waals surface area contributed by atoms with Gasteiger partial charge in [-0.1, -0.05) is 108 Å². The van der Waals surface area contributed by atoms with Crippen LogP contribution < -0.4 is 0 Å². The SMILES string of the molecule is C1=CCCC(N2C3=C(CC(C4CCC5=C(CCC(C6CCC(C7=CC=C8C=C(C9=Cc%10c%11c(n(-c%12ccccc%12)c%10CC9)C=CCC%11)C=CC8C7)S6)=C5)C4)C=C3)C3CCC=CC32)=C1. The molecule has 2 aliphatic heterocycles. The first kappa shape index (κ1) is 38.7. The van der Waals surface area contributed by atoms with Crippen LogP contribution in [-0.4, -0.2) is 26.0 Å². The summed E-state index contributed by atoms with van der Waals surface area (Å²) in [4.78, 5) is 2.74. The molecule has 0 radical (unpaired) electrons. The molecule has 0 spiro atoms. The molecule has 63 heavy (non-hydrogen) atoms. The Kier molecular flexibility index (Phi) is 9.86. The fourth-order valence-corrected chi connectivity index (χ4v) is 15.5. The van der Waals surface area contributed by atoms with E-state index < -0.39 is 0 Å². The molecule has 2 aromatic rings.